The third-order valence-electron chi connectivity index (χ3n) is 1.99. The Hall–Kier alpha value is -0.940. The standard InChI is InChI=1S/C9H11BrN4/c1-6-4-12-9-8(10)7(2-3-11)13-14(9)5-6/h4-5H,2-3,11H2,1H3. The van der Waals surface area contributed by atoms with E-state index in [0.29, 0.717) is 6.54 Å². The Balaban J connectivity index is 2.61. The Kier molecular flexibility index (Phi) is 2.52. The highest BCUT2D eigenvalue weighted by molar-refractivity contribution is 9.10. The van der Waals surface area contributed by atoms with Gasteiger partial charge in [-0.2, -0.15) is 5.10 Å². The van der Waals surface area contributed by atoms with E-state index in [1.165, 1.54) is 0 Å². The minimum atomic E-state index is 0.599. The van der Waals surface area contributed by atoms with Crippen molar-refractivity contribution in [3.8, 4) is 0 Å². The molecule has 14 heavy (non-hydrogen) atoms. The SMILES string of the molecule is Cc1cnc2c(Br)c(CCN)nn2c1. The van der Waals surface area contributed by atoms with Crippen LogP contribution >= 0.6 is 15.9 Å². The molecule has 2 aromatic rings. The van der Waals surface area contributed by atoms with Gasteiger partial charge in [0.1, 0.15) is 0 Å². The lowest BCUT2D eigenvalue weighted by Crippen LogP contribution is -2.03. The van der Waals surface area contributed by atoms with Gasteiger partial charge >= 0.3 is 0 Å². The zero-order valence-corrected chi connectivity index (χ0v) is 9.45. The summed E-state index contributed by atoms with van der Waals surface area (Å²) in [6.07, 6.45) is 4.55. The zero-order chi connectivity index (χ0) is 10.1. The summed E-state index contributed by atoms with van der Waals surface area (Å²) in [5, 5.41) is 4.39. The van der Waals surface area contributed by atoms with Gasteiger partial charge in [0.25, 0.3) is 0 Å². The molecule has 0 saturated heterocycles. The molecule has 0 aromatic carbocycles. The van der Waals surface area contributed by atoms with Crippen molar-refractivity contribution in [3.63, 3.8) is 0 Å². The van der Waals surface area contributed by atoms with Crippen LogP contribution in [-0.2, 0) is 6.42 Å². The van der Waals surface area contributed by atoms with Crippen molar-refractivity contribution in [1.82, 2.24) is 14.6 Å². The van der Waals surface area contributed by atoms with Crippen LogP contribution in [0, 0.1) is 6.92 Å². The van der Waals surface area contributed by atoms with E-state index in [0.717, 1.165) is 27.8 Å². The third-order valence-corrected chi connectivity index (χ3v) is 2.80. The van der Waals surface area contributed by atoms with Gasteiger partial charge in [0.2, 0.25) is 0 Å². The molecule has 0 atom stereocenters. The highest BCUT2D eigenvalue weighted by Gasteiger charge is 2.09. The molecule has 4 nitrogen and oxygen atoms in total. The number of aryl methyl sites for hydroxylation is 1. The van der Waals surface area contributed by atoms with Crippen molar-refractivity contribution in [2.45, 2.75) is 13.3 Å². The largest absolute Gasteiger partial charge is 0.330 e. The molecular formula is C9H11BrN4. The number of fused-ring (bicyclic) bond motifs is 1. The predicted octanol–water partition coefficient (Wildman–Crippen LogP) is 1.30. The Morgan fingerprint density at radius 3 is 3.07 bits per heavy atom. The van der Waals surface area contributed by atoms with Gasteiger partial charge in [-0.05, 0) is 35.0 Å². The van der Waals surface area contributed by atoms with Crippen molar-refractivity contribution in [2.24, 2.45) is 5.73 Å². The fraction of sp³-hybridized carbons (Fsp3) is 0.333. The average molecular weight is 255 g/mol. The zero-order valence-electron chi connectivity index (χ0n) is 7.87. The van der Waals surface area contributed by atoms with Crippen LogP contribution in [0.4, 0.5) is 0 Å². The fourth-order valence-electron chi connectivity index (χ4n) is 1.34. The summed E-state index contributed by atoms with van der Waals surface area (Å²) in [4.78, 5) is 4.30. The van der Waals surface area contributed by atoms with Gasteiger partial charge in [0, 0.05) is 18.8 Å². The molecule has 0 aliphatic heterocycles. The molecule has 0 saturated carbocycles. The van der Waals surface area contributed by atoms with E-state index < -0.39 is 0 Å². The van der Waals surface area contributed by atoms with Gasteiger partial charge in [-0.1, -0.05) is 0 Å². The Labute approximate surface area is 90.3 Å². The number of nitrogens with two attached hydrogens (primary N) is 1. The van der Waals surface area contributed by atoms with Crippen LogP contribution in [0.3, 0.4) is 0 Å². The van der Waals surface area contributed by atoms with E-state index in [4.69, 9.17) is 5.73 Å². The molecule has 0 bridgehead atoms. The first-order valence-corrected chi connectivity index (χ1v) is 5.21. The molecule has 0 aliphatic rings. The first kappa shape index (κ1) is 9.61. The first-order valence-electron chi connectivity index (χ1n) is 4.42. The summed E-state index contributed by atoms with van der Waals surface area (Å²) in [5.41, 5.74) is 8.39. The molecule has 2 rings (SSSR count). The lowest BCUT2D eigenvalue weighted by molar-refractivity contribution is 0.849. The van der Waals surface area contributed by atoms with E-state index in [1.54, 1.807) is 4.52 Å². The second-order valence-electron chi connectivity index (χ2n) is 3.20. The number of hydrogen-bond acceptors (Lipinski definition) is 3. The second-order valence-corrected chi connectivity index (χ2v) is 3.99. The summed E-state index contributed by atoms with van der Waals surface area (Å²) < 4.78 is 2.73. The topological polar surface area (TPSA) is 56.2 Å². The maximum absolute atomic E-state index is 5.49. The van der Waals surface area contributed by atoms with E-state index in [9.17, 15) is 0 Å². The molecule has 0 radical (unpaired) electrons. The number of halogens is 1. The van der Waals surface area contributed by atoms with Gasteiger partial charge < -0.3 is 5.73 Å². The van der Waals surface area contributed by atoms with Crippen molar-refractivity contribution < 1.29 is 0 Å². The Morgan fingerprint density at radius 2 is 2.36 bits per heavy atom. The molecule has 2 aromatic heterocycles. The van der Waals surface area contributed by atoms with Gasteiger partial charge in [0.15, 0.2) is 5.65 Å². The number of rotatable bonds is 2. The molecule has 74 valence electrons. The second kappa shape index (κ2) is 3.67. The quantitative estimate of drug-likeness (QED) is 0.879. The molecule has 2 N–H and O–H groups in total. The Bertz CT molecular complexity index is 463. The minimum absolute atomic E-state index is 0.599. The number of hydrogen-bond donors (Lipinski definition) is 1. The van der Waals surface area contributed by atoms with E-state index in [1.807, 2.05) is 19.3 Å². The van der Waals surface area contributed by atoms with E-state index in [2.05, 4.69) is 26.0 Å². The lowest BCUT2D eigenvalue weighted by Gasteiger charge is -1.92. The maximum Gasteiger partial charge on any atom is 0.169 e. The normalized spacial score (nSPS) is 11.1. The van der Waals surface area contributed by atoms with Gasteiger partial charge in [-0.15, -0.1) is 0 Å². The number of nitrogens with zero attached hydrogens (tertiary/aromatic N) is 3. The van der Waals surface area contributed by atoms with E-state index >= 15 is 0 Å². The summed E-state index contributed by atoms with van der Waals surface area (Å²) in [5.74, 6) is 0. The highest BCUT2D eigenvalue weighted by Crippen LogP contribution is 2.21. The van der Waals surface area contributed by atoms with Crippen LogP contribution in [0.2, 0.25) is 0 Å². The molecule has 0 amide bonds. The van der Waals surface area contributed by atoms with Crippen molar-refractivity contribution in [1.29, 1.82) is 0 Å². The fourth-order valence-corrected chi connectivity index (χ4v) is 1.90. The Morgan fingerprint density at radius 1 is 1.57 bits per heavy atom. The van der Waals surface area contributed by atoms with Crippen LogP contribution in [0.5, 0.6) is 0 Å². The van der Waals surface area contributed by atoms with Crippen LogP contribution in [0.1, 0.15) is 11.3 Å². The summed E-state index contributed by atoms with van der Waals surface area (Å²) in [6, 6.07) is 0. The first-order chi connectivity index (χ1) is 6.72. The smallest absolute Gasteiger partial charge is 0.169 e. The molecule has 5 heteroatoms. The third kappa shape index (κ3) is 1.53. The van der Waals surface area contributed by atoms with Gasteiger partial charge in [-0.25, -0.2) is 9.50 Å². The monoisotopic (exact) mass is 254 g/mol. The summed E-state index contributed by atoms with van der Waals surface area (Å²) in [7, 11) is 0. The average Bonchev–Trinajstić information content (AvgIpc) is 2.44. The van der Waals surface area contributed by atoms with Crippen LogP contribution in [-0.4, -0.2) is 21.1 Å². The molecule has 0 spiro atoms. The lowest BCUT2D eigenvalue weighted by atomic mass is 10.3. The molecule has 0 aliphatic carbocycles. The molecule has 2 heterocycles. The molecule has 0 unspecified atom stereocenters. The van der Waals surface area contributed by atoms with Crippen molar-refractivity contribution >= 4 is 21.6 Å². The van der Waals surface area contributed by atoms with Crippen molar-refractivity contribution in [2.75, 3.05) is 6.54 Å². The van der Waals surface area contributed by atoms with Gasteiger partial charge in [0.05, 0.1) is 10.2 Å². The van der Waals surface area contributed by atoms with Crippen LogP contribution < -0.4 is 5.73 Å². The van der Waals surface area contributed by atoms with Crippen LogP contribution in [0.25, 0.3) is 5.65 Å². The summed E-state index contributed by atoms with van der Waals surface area (Å²) in [6.45, 7) is 2.59. The van der Waals surface area contributed by atoms with Crippen molar-refractivity contribution in [3.05, 3.63) is 28.1 Å². The maximum atomic E-state index is 5.49. The summed E-state index contributed by atoms with van der Waals surface area (Å²) >= 11 is 3.48. The van der Waals surface area contributed by atoms with Crippen LogP contribution in [0.15, 0.2) is 16.9 Å². The van der Waals surface area contributed by atoms with Gasteiger partial charge in [-0.3, -0.25) is 0 Å². The highest BCUT2D eigenvalue weighted by atomic mass is 79.9. The van der Waals surface area contributed by atoms with E-state index in [-0.39, 0.29) is 0 Å². The molecular weight excluding hydrogens is 244 g/mol. The minimum Gasteiger partial charge on any atom is -0.330 e. The molecule has 0 fully saturated rings. The predicted molar refractivity (Wildman–Crippen MR) is 58.2 cm³/mol. The number of aromatic nitrogens is 3.